The van der Waals surface area contributed by atoms with Crippen molar-refractivity contribution in [2.75, 3.05) is 26.4 Å². The molecule has 3 rings (SSSR count). The van der Waals surface area contributed by atoms with Gasteiger partial charge in [0.05, 0.1) is 17.5 Å². The summed E-state index contributed by atoms with van der Waals surface area (Å²) in [6.45, 7) is 2.30. The highest BCUT2D eigenvalue weighted by Gasteiger charge is 2.17. The van der Waals surface area contributed by atoms with E-state index < -0.39 is 0 Å². The van der Waals surface area contributed by atoms with Crippen molar-refractivity contribution in [3.05, 3.63) is 70.8 Å². The molecule has 1 amide bonds. The number of likely N-dealkylation sites (N-methyl/N-ethyl adjacent to an activating group) is 1. The number of hydrogen-bond acceptors (Lipinski definition) is 5. The molecule has 30 heavy (non-hydrogen) atoms. The molecular formula is C21H23ClFN5OS. The standard InChI is InChI=1S/C21H23ClFN5OS/c1-14-7-8-17(10-18(14)22)28-13-25-26-21(28)30-12-20(29)24-11-19(27(2)3)15-5-4-6-16(23)9-15/h4-10,13,19H,11-12H2,1-3H3,(H,24,29). The second-order valence-electron chi connectivity index (χ2n) is 7.04. The smallest absolute Gasteiger partial charge is 0.230 e. The summed E-state index contributed by atoms with van der Waals surface area (Å²) in [5.74, 6) is -0.252. The van der Waals surface area contributed by atoms with Gasteiger partial charge in [-0.3, -0.25) is 9.36 Å². The fraction of sp³-hybridized carbons (Fsp3) is 0.286. The van der Waals surface area contributed by atoms with Gasteiger partial charge in [-0.15, -0.1) is 10.2 Å². The Morgan fingerprint density at radius 3 is 2.80 bits per heavy atom. The van der Waals surface area contributed by atoms with Crippen molar-refractivity contribution in [3.63, 3.8) is 0 Å². The van der Waals surface area contributed by atoms with Gasteiger partial charge in [0.1, 0.15) is 12.1 Å². The summed E-state index contributed by atoms with van der Waals surface area (Å²) >= 11 is 7.50. The van der Waals surface area contributed by atoms with Crippen molar-refractivity contribution in [1.29, 1.82) is 0 Å². The summed E-state index contributed by atoms with van der Waals surface area (Å²) in [6.07, 6.45) is 1.59. The van der Waals surface area contributed by atoms with E-state index >= 15 is 0 Å². The van der Waals surface area contributed by atoms with Crippen molar-refractivity contribution in [1.82, 2.24) is 25.0 Å². The Bertz CT molecular complexity index is 1030. The van der Waals surface area contributed by atoms with E-state index in [0.717, 1.165) is 16.8 Å². The van der Waals surface area contributed by atoms with Crippen LogP contribution in [-0.4, -0.2) is 52.0 Å². The maximum Gasteiger partial charge on any atom is 0.230 e. The first-order valence-electron chi connectivity index (χ1n) is 9.33. The van der Waals surface area contributed by atoms with Crippen LogP contribution in [0.5, 0.6) is 0 Å². The average molecular weight is 448 g/mol. The van der Waals surface area contributed by atoms with Gasteiger partial charge in [-0.2, -0.15) is 0 Å². The van der Waals surface area contributed by atoms with Crippen LogP contribution in [-0.2, 0) is 4.79 Å². The molecule has 1 heterocycles. The second-order valence-corrected chi connectivity index (χ2v) is 8.39. The number of aromatic nitrogens is 3. The minimum Gasteiger partial charge on any atom is -0.353 e. The summed E-state index contributed by atoms with van der Waals surface area (Å²) < 4.78 is 15.4. The van der Waals surface area contributed by atoms with E-state index in [1.54, 1.807) is 17.0 Å². The van der Waals surface area contributed by atoms with Gasteiger partial charge < -0.3 is 10.2 Å². The Labute approximate surface area is 184 Å². The topological polar surface area (TPSA) is 63.1 Å². The van der Waals surface area contributed by atoms with Gasteiger partial charge in [-0.1, -0.05) is 41.6 Å². The number of nitrogens with one attached hydrogen (secondary N) is 1. The van der Waals surface area contributed by atoms with Gasteiger partial charge in [-0.05, 0) is 56.4 Å². The maximum absolute atomic E-state index is 13.6. The highest BCUT2D eigenvalue weighted by molar-refractivity contribution is 7.99. The number of hydrogen-bond donors (Lipinski definition) is 1. The molecule has 0 saturated carbocycles. The Balaban J connectivity index is 1.60. The van der Waals surface area contributed by atoms with Gasteiger partial charge in [0.25, 0.3) is 0 Å². The molecule has 6 nitrogen and oxygen atoms in total. The monoisotopic (exact) mass is 447 g/mol. The van der Waals surface area contributed by atoms with Crippen molar-refractivity contribution in [2.45, 2.75) is 18.1 Å². The Kier molecular flexibility index (Phi) is 7.47. The molecular weight excluding hydrogens is 425 g/mol. The predicted octanol–water partition coefficient (Wildman–Crippen LogP) is 3.88. The van der Waals surface area contributed by atoms with E-state index in [1.165, 1.54) is 23.9 Å². The van der Waals surface area contributed by atoms with E-state index in [9.17, 15) is 9.18 Å². The van der Waals surface area contributed by atoms with Crippen LogP contribution in [0.4, 0.5) is 4.39 Å². The van der Waals surface area contributed by atoms with E-state index in [2.05, 4.69) is 15.5 Å². The van der Waals surface area contributed by atoms with Gasteiger partial charge in [0, 0.05) is 11.6 Å². The van der Waals surface area contributed by atoms with Crippen LogP contribution in [0.15, 0.2) is 53.9 Å². The number of benzene rings is 2. The average Bonchev–Trinajstić information content (AvgIpc) is 3.17. The largest absolute Gasteiger partial charge is 0.353 e. The first-order valence-corrected chi connectivity index (χ1v) is 10.7. The number of halogens is 2. The van der Waals surface area contributed by atoms with Crippen molar-refractivity contribution >= 4 is 29.3 Å². The third-order valence-electron chi connectivity index (χ3n) is 4.63. The van der Waals surface area contributed by atoms with Crippen LogP contribution in [0, 0.1) is 12.7 Å². The van der Waals surface area contributed by atoms with Gasteiger partial charge >= 0.3 is 0 Å². The number of thioether (sulfide) groups is 1. The zero-order chi connectivity index (χ0) is 21.7. The normalized spacial score (nSPS) is 12.2. The van der Waals surface area contributed by atoms with Gasteiger partial charge in [0.15, 0.2) is 5.16 Å². The zero-order valence-electron chi connectivity index (χ0n) is 17.0. The van der Waals surface area contributed by atoms with Gasteiger partial charge in [-0.25, -0.2) is 4.39 Å². The number of aryl methyl sites for hydroxylation is 1. The molecule has 9 heteroatoms. The minimum atomic E-state index is -0.295. The van der Waals surface area contributed by atoms with Crippen LogP contribution in [0.3, 0.4) is 0 Å². The summed E-state index contributed by atoms with van der Waals surface area (Å²) in [5.41, 5.74) is 2.62. The molecule has 0 radical (unpaired) electrons. The molecule has 3 aromatic rings. The lowest BCUT2D eigenvalue weighted by molar-refractivity contribution is -0.118. The minimum absolute atomic E-state index is 0.131. The summed E-state index contributed by atoms with van der Waals surface area (Å²) in [7, 11) is 3.79. The zero-order valence-corrected chi connectivity index (χ0v) is 18.5. The maximum atomic E-state index is 13.6. The molecule has 158 valence electrons. The highest BCUT2D eigenvalue weighted by Crippen LogP contribution is 2.24. The van der Waals surface area contributed by atoms with Crippen molar-refractivity contribution < 1.29 is 9.18 Å². The molecule has 1 atom stereocenters. The number of carbonyl (C=O) groups excluding carboxylic acids is 1. The molecule has 0 saturated heterocycles. The van der Waals surface area contributed by atoms with Gasteiger partial charge in [0.2, 0.25) is 5.91 Å². The van der Waals surface area contributed by atoms with E-state index in [1.807, 2.05) is 50.2 Å². The number of nitrogens with zero attached hydrogens (tertiary/aromatic N) is 4. The number of rotatable bonds is 8. The third kappa shape index (κ3) is 5.59. The molecule has 0 fully saturated rings. The summed E-state index contributed by atoms with van der Waals surface area (Å²) in [6, 6.07) is 12.0. The Morgan fingerprint density at radius 1 is 1.30 bits per heavy atom. The first-order chi connectivity index (χ1) is 14.3. The lowest BCUT2D eigenvalue weighted by atomic mass is 10.1. The first kappa shape index (κ1) is 22.3. The van der Waals surface area contributed by atoms with Crippen LogP contribution in [0.1, 0.15) is 17.2 Å². The second kappa shape index (κ2) is 10.1. The van der Waals surface area contributed by atoms with Crippen LogP contribution >= 0.6 is 23.4 Å². The van der Waals surface area contributed by atoms with Crippen molar-refractivity contribution in [3.8, 4) is 5.69 Å². The lowest BCUT2D eigenvalue weighted by Gasteiger charge is -2.25. The molecule has 2 aromatic carbocycles. The molecule has 0 aliphatic rings. The highest BCUT2D eigenvalue weighted by atomic mass is 35.5. The van der Waals surface area contributed by atoms with Crippen LogP contribution in [0.25, 0.3) is 5.69 Å². The SMILES string of the molecule is Cc1ccc(-n2cnnc2SCC(=O)NCC(c2cccc(F)c2)N(C)C)cc1Cl. The molecule has 0 spiro atoms. The lowest BCUT2D eigenvalue weighted by Crippen LogP contribution is -2.35. The van der Waals surface area contributed by atoms with E-state index in [4.69, 9.17) is 11.6 Å². The predicted molar refractivity (Wildman–Crippen MR) is 118 cm³/mol. The Morgan fingerprint density at radius 2 is 2.10 bits per heavy atom. The molecule has 0 bridgehead atoms. The molecule has 1 N–H and O–H groups in total. The number of amides is 1. The fourth-order valence-electron chi connectivity index (χ4n) is 2.94. The van der Waals surface area contributed by atoms with Crippen LogP contribution < -0.4 is 5.32 Å². The quantitative estimate of drug-likeness (QED) is 0.531. The number of carbonyl (C=O) groups is 1. The summed E-state index contributed by atoms with van der Waals surface area (Å²) in [4.78, 5) is 14.4. The molecule has 1 unspecified atom stereocenters. The van der Waals surface area contributed by atoms with Crippen molar-refractivity contribution in [2.24, 2.45) is 0 Å². The van der Waals surface area contributed by atoms with E-state index in [-0.39, 0.29) is 23.5 Å². The molecule has 0 aliphatic carbocycles. The molecule has 0 aliphatic heterocycles. The third-order valence-corrected chi connectivity index (χ3v) is 5.98. The van der Waals surface area contributed by atoms with Crippen LogP contribution in [0.2, 0.25) is 5.02 Å². The Hall–Kier alpha value is -2.42. The molecule has 1 aromatic heterocycles. The summed E-state index contributed by atoms with van der Waals surface area (Å²) in [5, 5.41) is 12.2. The van der Waals surface area contributed by atoms with E-state index in [0.29, 0.717) is 16.7 Å². The fourth-order valence-corrected chi connectivity index (χ4v) is 3.87.